The van der Waals surface area contributed by atoms with Crippen LogP contribution in [-0.2, 0) is 26.3 Å². The fourth-order valence-electron chi connectivity index (χ4n) is 0.721. The molecule has 0 aromatic carbocycles. The van der Waals surface area contributed by atoms with Crippen molar-refractivity contribution in [3.63, 3.8) is 0 Å². The third-order valence-corrected chi connectivity index (χ3v) is 2.30. The molecule has 0 spiro atoms. The summed E-state index contributed by atoms with van der Waals surface area (Å²) in [5.41, 5.74) is 0. The van der Waals surface area contributed by atoms with Crippen molar-refractivity contribution in [2.24, 2.45) is 0 Å². The zero-order chi connectivity index (χ0) is 12.4. The van der Waals surface area contributed by atoms with Gasteiger partial charge in [-0.25, -0.2) is 4.79 Å². The van der Waals surface area contributed by atoms with Crippen molar-refractivity contribution in [1.29, 1.82) is 0 Å². The van der Waals surface area contributed by atoms with E-state index in [1.807, 2.05) is 0 Å². The first-order valence-electron chi connectivity index (χ1n) is 3.79. The van der Waals surface area contributed by atoms with Gasteiger partial charge < -0.3 is 9.15 Å². The minimum Gasteiger partial charge on any atom is -0.466 e. The monoisotopic (exact) mass is 256 g/mol. The summed E-state index contributed by atoms with van der Waals surface area (Å²) in [5.74, 6) is -2.31. The van der Waals surface area contributed by atoms with Gasteiger partial charge in [-0.2, -0.15) is 17.2 Å². The van der Waals surface area contributed by atoms with Crippen molar-refractivity contribution in [1.82, 2.24) is 0 Å². The Bertz CT molecular complexity index is 463. The van der Waals surface area contributed by atoms with Gasteiger partial charge in [0, 0.05) is 0 Å². The van der Waals surface area contributed by atoms with Crippen LogP contribution in [0.3, 0.4) is 0 Å². The number of ether oxygens (including phenoxy) is 1. The smallest absolute Gasteiger partial charge is 0.465 e. The van der Waals surface area contributed by atoms with Gasteiger partial charge >= 0.3 is 21.3 Å². The van der Waals surface area contributed by atoms with E-state index in [-0.39, 0.29) is 5.76 Å². The van der Waals surface area contributed by atoms with Crippen molar-refractivity contribution < 1.29 is 35.7 Å². The molecule has 1 heterocycles. The van der Waals surface area contributed by atoms with E-state index in [2.05, 4.69) is 9.15 Å². The van der Waals surface area contributed by atoms with Gasteiger partial charge in [-0.15, -0.1) is 0 Å². The van der Waals surface area contributed by atoms with Crippen LogP contribution in [0.1, 0.15) is 5.76 Å². The van der Waals surface area contributed by atoms with Crippen LogP contribution in [0.2, 0.25) is 0 Å². The molecule has 0 atom stereocenters. The average molecular weight is 256 g/mol. The quantitative estimate of drug-likeness (QED) is 0.632. The van der Waals surface area contributed by atoms with E-state index in [4.69, 9.17) is 4.55 Å². The van der Waals surface area contributed by atoms with Gasteiger partial charge in [0.05, 0.1) is 6.26 Å². The maximum absolute atomic E-state index is 12.6. The van der Waals surface area contributed by atoms with Crippen molar-refractivity contribution in [2.45, 2.75) is 11.9 Å². The fourth-order valence-corrected chi connectivity index (χ4v) is 0.990. The summed E-state index contributed by atoms with van der Waals surface area (Å²) in [7, 11) is -5.83. The highest BCUT2D eigenvalue weighted by molar-refractivity contribution is 7.87. The molecule has 0 radical (unpaired) electrons. The zero-order valence-corrected chi connectivity index (χ0v) is 8.41. The van der Waals surface area contributed by atoms with E-state index in [1.54, 1.807) is 0 Å². The number of esters is 1. The topological polar surface area (TPSA) is 93.8 Å². The molecule has 0 saturated carbocycles. The zero-order valence-electron chi connectivity index (χ0n) is 7.59. The van der Waals surface area contributed by atoms with Crippen molar-refractivity contribution in [2.75, 3.05) is 0 Å². The molecule has 90 valence electrons. The average Bonchev–Trinajstić information content (AvgIpc) is 2.64. The molecule has 0 unspecified atom stereocenters. The third-order valence-electron chi connectivity index (χ3n) is 1.49. The Morgan fingerprint density at radius 2 is 2.19 bits per heavy atom. The van der Waals surface area contributed by atoms with Crippen LogP contribution >= 0.6 is 0 Å². The van der Waals surface area contributed by atoms with Crippen LogP contribution in [0.25, 0.3) is 0 Å². The molecular weight excluding hydrogens is 250 g/mol. The first kappa shape index (κ1) is 12.6. The highest BCUT2D eigenvalue weighted by Crippen LogP contribution is 2.22. The summed E-state index contributed by atoms with van der Waals surface area (Å²) < 4.78 is 62.2. The lowest BCUT2D eigenvalue weighted by atomic mass is 10.5. The Balaban J connectivity index is 2.66. The van der Waals surface area contributed by atoms with E-state index in [1.165, 1.54) is 18.4 Å². The van der Waals surface area contributed by atoms with Crippen molar-refractivity contribution in [3.8, 4) is 0 Å². The molecule has 0 aliphatic rings. The molecule has 1 aromatic heterocycles. The summed E-state index contributed by atoms with van der Waals surface area (Å²) in [6.45, 7) is -0.656. The van der Waals surface area contributed by atoms with Gasteiger partial charge in [-0.1, -0.05) is 0 Å². The second kappa shape index (κ2) is 4.18. The molecule has 1 N–H and O–H groups in total. The second-order valence-electron chi connectivity index (χ2n) is 2.65. The lowest BCUT2D eigenvalue weighted by Crippen LogP contribution is -2.38. The Labute approximate surface area is 88.6 Å². The highest BCUT2D eigenvalue weighted by Gasteiger charge is 2.54. The van der Waals surface area contributed by atoms with Gasteiger partial charge in [0.15, 0.2) is 0 Å². The van der Waals surface area contributed by atoms with Crippen LogP contribution in [0.5, 0.6) is 0 Å². The fraction of sp³-hybridized carbons (Fsp3) is 0.286. The molecule has 6 nitrogen and oxygen atoms in total. The normalized spacial score (nSPS) is 12.4. The van der Waals surface area contributed by atoms with Crippen molar-refractivity contribution >= 4 is 16.1 Å². The first-order chi connectivity index (χ1) is 7.25. The lowest BCUT2D eigenvalue weighted by Gasteiger charge is -2.10. The number of carbonyl (C=O) groups excluding carboxylic acids is 1. The molecule has 0 bridgehead atoms. The molecule has 0 aliphatic carbocycles. The predicted octanol–water partition coefficient (Wildman–Crippen LogP) is 0.803. The Kier molecular flexibility index (Phi) is 3.29. The molecule has 16 heavy (non-hydrogen) atoms. The third kappa shape index (κ3) is 2.55. The second-order valence-corrected chi connectivity index (χ2v) is 4.11. The summed E-state index contributed by atoms with van der Waals surface area (Å²) in [5, 5.41) is -4.99. The van der Waals surface area contributed by atoms with Gasteiger partial charge in [0.25, 0.3) is 0 Å². The van der Waals surface area contributed by atoms with E-state index >= 15 is 0 Å². The lowest BCUT2D eigenvalue weighted by molar-refractivity contribution is -0.163. The molecule has 9 heteroatoms. The van der Waals surface area contributed by atoms with E-state index in [9.17, 15) is 22.0 Å². The predicted molar refractivity (Wildman–Crippen MR) is 45.0 cm³/mol. The number of alkyl halides is 2. The molecule has 1 rings (SSSR count). The van der Waals surface area contributed by atoms with E-state index < -0.39 is 27.9 Å². The number of halogens is 2. The van der Waals surface area contributed by atoms with Crippen molar-refractivity contribution in [3.05, 3.63) is 24.2 Å². The summed E-state index contributed by atoms with van der Waals surface area (Å²) >= 11 is 0. The molecule has 0 saturated heterocycles. The molecule has 0 amide bonds. The highest BCUT2D eigenvalue weighted by atomic mass is 32.2. The van der Waals surface area contributed by atoms with Gasteiger partial charge in [0.1, 0.15) is 12.4 Å². The minimum atomic E-state index is -5.83. The van der Waals surface area contributed by atoms with Gasteiger partial charge in [0.2, 0.25) is 0 Å². The first-order valence-corrected chi connectivity index (χ1v) is 5.23. The SMILES string of the molecule is O=C(OCc1ccco1)C(F)(F)S(=O)(=O)O. The number of furan rings is 1. The van der Waals surface area contributed by atoms with Gasteiger partial charge in [-0.3, -0.25) is 4.55 Å². The maximum atomic E-state index is 12.6. The Morgan fingerprint density at radius 1 is 1.56 bits per heavy atom. The summed E-state index contributed by atoms with van der Waals surface area (Å²) in [6, 6.07) is 2.75. The molecule has 0 aliphatic heterocycles. The number of hydrogen-bond acceptors (Lipinski definition) is 5. The summed E-state index contributed by atoms with van der Waals surface area (Å²) in [4.78, 5) is 10.7. The number of hydrogen-bond donors (Lipinski definition) is 1. The van der Waals surface area contributed by atoms with Crippen LogP contribution < -0.4 is 0 Å². The van der Waals surface area contributed by atoms with Crippen LogP contribution in [-0.4, -0.2) is 24.2 Å². The van der Waals surface area contributed by atoms with Crippen LogP contribution in [0.4, 0.5) is 8.78 Å². The van der Waals surface area contributed by atoms with E-state index in [0.717, 1.165) is 0 Å². The molecule has 0 fully saturated rings. The standard InChI is InChI=1S/C7H6F2O6S/c8-7(9,16(11,12)13)6(10)15-4-5-2-1-3-14-5/h1-3H,4H2,(H,11,12,13). The van der Waals surface area contributed by atoms with Crippen LogP contribution in [0.15, 0.2) is 22.8 Å². The van der Waals surface area contributed by atoms with Gasteiger partial charge in [-0.05, 0) is 12.1 Å². The van der Waals surface area contributed by atoms with E-state index in [0.29, 0.717) is 0 Å². The minimum absolute atomic E-state index is 0.0551. The number of rotatable bonds is 4. The Hall–Kier alpha value is -1.48. The molecular formula is C7H6F2O6S. The number of carbonyl (C=O) groups is 1. The Morgan fingerprint density at radius 3 is 2.62 bits per heavy atom. The van der Waals surface area contributed by atoms with Crippen LogP contribution in [0, 0.1) is 0 Å². The molecule has 1 aromatic rings. The maximum Gasteiger partial charge on any atom is 0.465 e. The largest absolute Gasteiger partial charge is 0.466 e. The summed E-state index contributed by atoms with van der Waals surface area (Å²) in [6.07, 6.45) is 1.21.